The summed E-state index contributed by atoms with van der Waals surface area (Å²) in [6.07, 6.45) is 3.92. The van der Waals surface area contributed by atoms with Crippen LogP contribution < -0.4 is 0 Å². The van der Waals surface area contributed by atoms with E-state index in [-0.39, 0.29) is 23.5 Å². The molecule has 4 nitrogen and oxygen atoms in total. The van der Waals surface area contributed by atoms with E-state index < -0.39 is 9.84 Å². The number of nitrogens with zero attached hydrogens (tertiary/aromatic N) is 1. The van der Waals surface area contributed by atoms with E-state index in [1.807, 2.05) is 13.0 Å². The first kappa shape index (κ1) is 14.1. The Labute approximate surface area is 123 Å². The fourth-order valence-electron chi connectivity index (χ4n) is 3.16. The van der Waals surface area contributed by atoms with Crippen LogP contribution in [0.3, 0.4) is 0 Å². The number of hydrogen-bond acceptors (Lipinski definition) is 4. The monoisotopic (exact) mass is 313 g/mol. The zero-order valence-electron chi connectivity index (χ0n) is 11.6. The number of hydrogen-bond donors (Lipinski definition) is 0. The molecule has 20 heavy (non-hydrogen) atoms. The van der Waals surface area contributed by atoms with Crippen LogP contribution in [0.4, 0.5) is 0 Å². The van der Waals surface area contributed by atoms with E-state index in [9.17, 15) is 13.2 Å². The smallest absolute Gasteiger partial charge is 0.264 e. The average Bonchev–Trinajstić information content (AvgIpc) is 3.03. The Bertz CT molecular complexity index is 611. The van der Waals surface area contributed by atoms with E-state index in [1.54, 1.807) is 16.2 Å². The van der Waals surface area contributed by atoms with Gasteiger partial charge in [-0.15, -0.1) is 11.3 Å². The number of fused-ring (bicyclic) bond motifs is 1. The van der Waals surface area contributed by atoms with Crippen LogP contribution in [0.2, 0.25) is 0 Å². The standard InChI is InChI=1S/C14H19NO3S2/c1-2-15(11-6-7-20(17,18)9-11)14(16)13-8-10-4-3-5-12(10)19-13/h8,11H,2-7,9H2,1H3/t11-/m1/s1. The second-order valence-corrected chi connectivity index (χ2v) is 8.93. The largest absolute Gasteiger partial charge is 0.334 e. The summed E-state index contributed by atoms with van der Waals surface area (Å²) in [5.74, 6) is 0.342. The Hall–Kier alpha value is -0.880. The molecule has 3 rings (SSSR count). The van der Waals surface area contributed by atoms with Crippen molar-refractivity contribution in [2.45, 2.75) is 38.6 Å². The van der Waals surface area contributed by atoms with E-state index in [2.05, 4.69) is 0 Å². The predicted octanol–water partition coefficient (Wildman–Crippen LogP) is 1.89. The number of amides is 1. The average molecular weight is 313 g/mol. The molecule has 1 amide bonds. The molecule has 0 bridgehead atoms. The zero-order chi connectivity index (χ0) is 14.3. The summed E-state index contributed by atoms with van der Waals surface area (Å²) in [6.45, 7) is 2.49. The highest BCUT2D eigenvalue weighted by Crippen LogP contribution is 2.32. The van der Waals surface area contributed by atoms with Gasteiger partial charge in [0, 0.05) is 17.5 Å². The van der Waals surface area contributed by atoms with Crippen molar-refractivity contribution >= 4 is 27.1 Å². The second-order valence-electron chi connectivity index (χ2n) is 5.56. The number of thiophene rings is 1. The number of rotatable bonds is 3. The van der Waals surface area contributed by atoms with Gasteiger partial charge in [-0.2, -0.15) is 0 Å². The summed E-state index contributed by atoms with van der Waals surface area (Å²) in [5, 5.41) is 0. The first-order chi connectivity index (χ1) is 9.50. The maximum Gasteiger partial charge on any atom is 0.264 e. The Balaban J connectivity index is 1.80. The zero-order valence-corrected chi connectivity index (χ0v) is 13.2. The molecular formula is C14H19NO3S2. The minimum Gasteiger partial charge on any atom is -0.334 e. The van der Waals surface area contributed by atoms with Gasteiger partial charge in [-0.25, -0.2) is 8.42 Å². The van der Waals surface area contributed by atoms with E-state index in [4.69, 9.17) is 0 Å². The number of carbonyl (C=O) groups excluding carboxylic acids is 1. The first-order valence-electron chi connectivity index (χ1n) is 7.13. The van der Waals surface area contributed by atoms with Crippen molar-refractivity contribution in [2.75, 3.05) is 18.1 Å². The Morgan fingerprint density at radius 2 is 2.25 bits per heavy atom. The van der Waals surface area contributed by atoms with Crippen LogP contribution in [-0.2, 0) is 22.7 Å². The van der Waals surface area contributed by atoms with Gasteiger partial charge in [-0.1, -0.05) is 0 Å². The number of aryl methyl sites for hydroxylation is 2. The van der Waals surface area contributed by atoms with Gasteiger partial charge in [0.05, 0.1) is 16.4 Å². The van der Waals surface area contributed by atoms with Gasteiger partial charge < -0.3 is 4.90 Å². The van der Waals surface area contributed by atoms with Gasteiger partial charge >= 0.3 is 0 Å². The highest BCUT2D eigenvalue weighted by Gasteiger charge is 2.35. The molecule has 0 unspecified atom stereocenters. The van der Waals surface area contributed by atoms with Crippen molar-refractivity contribution in [1.29, 1.82) is 0 Å². The fourth-order valence-corrected chi connectivity index (χ4v) is 6.11. The van der Waals surface area contributed by atoms with E-state index in [1.165, 1.54) is 16.9 Å². The summed E-state index contributed by atoms with van der Waals surface area (Å²) >= 11 is 1.59. The van der Waals surface area contributed by atoms with Crippen LogP contribution in [0.15, 0.2) is 6.07 Å². The molecule has 1 fully saturated rings. The lowest BCUT2D eigenvalue weighted by atomic mass is 10.2. The van der Waals surface area contributed by atoms with Crippen LogP contribution in [0.25, 0.3) is 0 Å². The van der Waals surface area contributed by atoms with Gasteiger partial charge in [0.1, 0.15) is 0 Å². The third-order valence-corrected chi connectivity index (χ3v) is 7.18. The molecule has 1 saturated heterocycles. The lowest BCUT2D eigenvalue weighted by Gasteiger charge is -2.26. The van der Waals surface area contributed by atoms with Gasteiger partial charge in [0.25, 0.3) is 5.91 Å². The van der Waals surface area contributed by atoms with Crippen molar-refractivity contribution < 1.29 is 13.2 Å². The van der Waals surface area contributed by atoms with E-state index >= 15 is 0 Å². The minimum atomic E-state index is -2.95. The SMILES string of the molecule is CCN(C(=O)c1cc2c(s1)CCC2)[C@@H]1CCS(=O)(=O)C1. The molecule has 1 aromatic rings. The molecule has 0 spiro atoms. The lowest BCUT2D eigenvalue weighted by Crippen LogP contribution is -2.40. The maximum absolute atomic E-state index is 12.6. The minimum absolute atomic E-state index is 0.00833. The summed E-state index contributed by atoms with van der Waals surface area (Å²) in [5.41, 5.74) is 1.31. The molecule has 0 saturated carbocycles. The van der Waals surface area contributed by atoms with Crippen LogP contribution in [0.1, 0.15) is 39.9 Å². The summed E-state index contributed by atoms with van der Waals surface area (Å²) < 4.78 is 23.2. The molecule has 1 aliphatic carbocycles. The van der Waals surface area contributed by atoms with Crippen LogP contribution >= 0.6 is 11.3 Å². The molecule has 6 heteroatoms. The van der Waals surface area contributed by atoms with Gasteiger partial charge in [0.2, 0.25) is 0 Å². The van der Waals surface area contributed by atoms with Crippen molar-refractivity contribution in [3.8, 4) is 0 Å². The molecule has 0 N–H and O–H groups in total. The predicted molar refractivity (Wildman–Crippen MR) is 80.1 cm³/mol. The molecule has 1 atom stereocenters. The Morgan fingerprint density at radius 3 is 2.85 bits per heavy atom. The van der Waals surface area contributed by atoms with Gasteiger partial charge in [-0.3, -0.25) is 4.79 Å². The van der Waals surface area contributed by atoms with E-state index in [0.717, 1.165) is 17.7 Å². The quantitative estimate of drug-likeness (QED) is 0.856. The van der Waals surface area contributed by atoms with Crippen molar-refractivity contribution in [3.05, 3.63) is 21.4 Å². The first-order valence-corrected chi connectivity index (χ1v) is 9.77. The normalized spacial score (nSPS) is 23.8. The summed E-state index contributed by atoms with van der Waals surface area (Å²) in [4.78, 5) is 16.5. The molecule has 0 aromatic carbocycles. The van der Waals surface area contributed by atoms with Crippen molar-refractivity contribution in [2.24, 2.45) is 0 Å². The second kappa shape index (κ2) is 5.15. The van der Waals surface area contributed by atoms with Gasteiger partial charge in [0.15, 0.2) is 9.84 Å². The lowest BCUT2D eigenvalue weighted by molar-refractivity contribution is 0.0713. The van der Waals surface area contributed by atoms with Crippen LogP contribution in [0.5, 0.6) is 0 Å². The van der Waals surface area contributed by atoms with Crippen LogP contribution in [0, 0.1) is 0 Å². The topological polar surface area (TPSA) is 54.5 Å². The third-order valence-electron chi connectivity index (χ3n) is 4.21. The Morgan fingerprint density at radius 1 is 1.45 bits per heavy atom. The summed E-state index contributed by atoms with van der Waals surface area (Å²) in [7, 11) is -2.95. The highest BCUT2D eigenvalue weighted by atomic mass is 32.2. The number of sulfone groups is 1. The number of carbonyl (C=O) groups is 1. The molecule has 0 radical (unpaired) electrons. The molecule has 110 valence electrons. The third kappa shape index (κ3) is 2.51. The van der Waals surface area contributed by atoms with Gasteiger partial charge in [-0.05, 0) is 44.2 Å². The van der Waals surface area contributed by atoms with E-state index in [0.29, 0.717) is 13.0 Å². The molecule has 1 aromatic heterocycles. The van der Waals surface area contributed by atoms with Crippen molar-refractivity contribution in [1.82, 2.24) is 4.90 Å². The molecule has 2 aliphatic rings. The molecule has 2 heterocycles. The highest BCUT2D eigenvalue weighted by molar-refractivity contribution is 7.91. The van der Waals surface area contributed by atoms with Crippen LogP contribution in [-0.4, -0.2) is 43.3 Å². The molecule has 1 aliphatic heterocycles. The Kier molecular flexibility index (Phi) is 3.62. The van der Waals surface area contributed by atoms with Crippen molar-refractivity contribution in [3.63, 3.8) is 0 Å². The maximum atomic E-state index is 12.6. The summed E-state index contributed by atoms with van der Waals surface area (Å²) in [6, 6.07) is 1.87. The fraction of sp³-hybridized carbons (Fsp3) is 0.643. The molecular weight excluding hydrogens is 294 g/mol.